The van der Waals surface area contributed by atoms with Gasteiger partial charge in [0.25, 0.3) is 0 Å². The summed E-state index contributed by atoms with van der Waals surface area (Å²) in [4.78, 5) is 0. The first-order valence-corrected chi connectivity index (χ1v) is 4.90. The van der Waals surface area contributed by atoms with Gasteiger partial charge >= 0.3 is 0 Å². The second kappa shape index (κ2) is 2.27. The van der Waals surface area contributed by atoms with Crippen molar-refractivity contribution in [3.05, 3.63) is 0 Å². The summed E-state index contributed by atoms with van der Waals surface area (Å²) in [5.41, 5.74) is 0. The molecule has 1 heterocycles. The maximum atomic E-state index is 10.7. The van der Waals surface area contributed by atoms with E-state index in [0.29, 0.717) is 5.75 Å². The van der Waals surface area contributed by atoms with Gasteiger partial charge in [-0.3, -0.25) is 5.32 Å². The SMILES string of the molecule is CCC1CS(=O)(=O)CN1. The van der Waals surface area contributed by atoms with E-state index < -0.39 is 9.84 Å². The summed E-state index contributed by atoms with van der Waals surface area (Å²) in [6.45, 7) is 1.98. The zero-order valence-electron chi connectivity index (χ0n) is 5.42. The Bertz CT molecular complexity index is 185. The first kappa shape index (κ1) is 7.02. The lowest BCUT2D eigenvalue weighted by molar-refractivity contribution is 0.600. The average molecular weight is 149 g/mol. The first-order valence-electron chi connectivity index (χ1n) is 3.08. The van der Waals surface area contributed by atoms with E-state index in [1.165, 1.54) is 0 Å². The molecule has 1 aliphatic rings. The predicted molar refractivity (Wildman–Crippen MR) is 35.9 cm³/mol. The van der Waals surface area contributed by atoms with Crippen LogP contribution in [0.1, 0.15) is 13.3 Å². The Balaban J connectivity index is 2.58. The second-order valence-corrected chi connectivity index (χ2v) is 4.47. The van der Waals surface area contributed by atoms with Crippen LogP contribution < -0.4 is 5.32 Å². The van der Waals surface area contributed by atoms with Crippen LogP contribution in [-0.4, -0.2) is 26.1 Å². The van der Waals surface area contributed by atoms with E-state index in [1.54, 1.807) is 0 Å². The van der Waals surface area contributed by atoms with E-state index in [4.69, 9.17) is 0 Å². The van der Waals surface area contributed by atoms with Gasteiger partial charge < -0.3 is 0 Å². The van der Waals surface area contributed by atoms with Crippen molar-refractivity contribution in [1.82, 2.24) is 5.32 Å². The van der Waals surface area contributed by atoms with Gasteiger partial charge in [0.2, 0.25) is 0 Å². The van der Waals surface area contributed by atoms with Crippen molar-refractivity contribution in [1.29, 1.82) is 0 Å². The van der Waals surface area contributed by atoms with Crippen molar-refractivity contribution < 1.29 is 8.42 Å². The van der Waals surface area contributed by atoms with Crippen molar-refractivity contribution >= 4 is 9.84 Å². The summed E-state index contributed by atoms with van der Waals surface area (Å²) in [6.07, 6.45) is 0.902. The van der Waals surface area contributed by atoms with Crippen LogP contribution in [0.3, 0.4) is 0 Å². The molecule has 3 nitrogen and oxygen atoms in total. The van der Waals surface area contributed by atoms with Crippen LogP contribution in [0, 0.1) is 0 Å². The maximum Gasteiger partial charge on any atom is 0.164 e. The average Bonchev–Trinajstić information content (AvgIpc) is 2.10. The molecular weight excluding hydrogens is 138 g/mol. The molecule has 0 aromatic heterocycles. The van der Waals surface area contributed by atoms with Crippen molar-refractivity contribution in [3.8, 4) is 0 Å². The fourth-order valence-corrected chi connectivity index (χ4v) is 2.51. The molecule has 0 saturated carbocycles. The molecule has 1 unspecified atom stereocenters. The van der Waals surface area contributed by atoms with Crippen LogP contribution in [0.4, 0.5) is 0 Å². The van der Waals surface area contributed by atoms with Crippen molar-refractivity contribution in [2.24, 2.45) is 0 Å². The summed E-state index contributed by atoms with van der Waals surface area (Å²) < 4.78 is 21.5. The quantitative estimate of drug-likeness (QED) is 0.558. The Labute approximate surface area is 55.4 Å². The van der Waals surface area contributed by atoms with Gasteiger partial charge in [-0.2, -0.15) is 0 Å². The maximum absolute atomic E-state index is 10.7. The minimum atomic E-state index is -2.72. The van der Waals surface area contributed by atoms with Crippen molar-refractivity contribution in [3.63, 3.8) is 0 Å². The van der Waals surface area contributed by atoms with Gasteiger partial charge in [0.15, 0.2) is 9.84 Å². The van der Waals surface area contributed by atoms with E-state index in [9.17, 15) is 8.42 Å². The molecule has 9 heavy (non-hydrogen) atoms. The van der Waals surface area contributed by atoms with E-state index >= 15 is 0 Å². The Morgan fingerprint density at radius 1 is 1.67 bits per heavy atom. The molecule has 4 heteroatoms. The zero-order valence-corrected chi connectivity index (χ0v) is 6.24. The van der Waals surface area contributed by atoms with Gasteiger partial charge in [-0.15, -0.1) is 0 Å². The van der Waals surface area contributed by atoms with E-state index in [2.05, 4.69) is 5.32 Å². The van der Waals surface area contributed by atoms with E-state index in [1.807, 2.05) is 6.92 Å². The number of hydrogen-bond donors (Lipinski definition) is 1. The number of rotatable bonds is 1. The number of sulfone groups is 1. The Kier molecular flexibility index (Phi) is 1.77. The van der Waals surface area contributed by atoms with Gasteiger partial charge in [0.1, 0.15) is 0 Å². The Hall–Kier alpha value is -0.0900. The molecule has 0 radical (unpaired) electrons. The van der Waals surface area contributed by atoms with E-state index in [0.717, 1.165) is 6.42 Å². The summed E-state index contributed by atoms with van der Waals surface area (Å²) >= 11 is 0. The Morgan fingerprint density at radius 3 is 2.56 bits per heavy atom. The lowest BCUT2D eigenvalue weighted by Gasteiger charge is -2.00. The molecule has 54 valence electrons. The highest BCUT2D eigenvalue weighted by Crippen LogP contribution is 2.04. The van der Waals surface area contributed by atoms with Crippen LogP contribution in [0.2, 0.25) is 0 Å². The van der Waals surface area contributed by atoms with Gasteiger partial charge in [-0.05, 0) is 6.42 Å². The topological polar surface area (TPSA) is 46.2 Å². The molecular formula is C5H11NO2S. The fourth-order valence-electron chi connectivity index (χ4n) is 0.931. The van der Waals surface area contributed by atoms with Crippen molar-refractivity contribution in [2.45, 2.75) is 19.4 Å². The van der Waals surface area contributed by atoms with Crippen LogP contribution in [0.5, 0.6) is 0 Å². The largest absolute Gasteiger partial charge is 0.300 e. The minimum Gasteiger partial charge on any atom is -0.300 e. The number of hydrogen-bond acceptors (Lipinski definition) is 3. The summed E-state index contributed by atoms with van der Waals surface area (Å²) in [5, 5.41) is 2.91. The number of nitrogens with one attached hydrogen (secondary N) is 1. The Morgan fingerprint density at radius 2 is 2.33 bits per heavy atom. The summed E-state index contributed by atoms with van der Waals surface area (Å²) in [7, 11) is -2.72. The van der Waals surface area contributed by atoms with Gasteiger partial charge in [-0.25, -0.2) is 8.42 Å². The van der Waals surface area contributed by atoms with E-state index in [-0.39, 0.29) is 11.9 Å². The fraction of sp³-hybridized carbons (Fsp3) is 1.00. The molecule has 1 rings (SSSR count). The molecule has 1 aliphatic heterocycles. The van der Waals surface area contributed by atoms with Crippen LogP contribution >= 0.6 is 0 Å². The lowest BCUT2D eigenvalue weighted by atomic mass is 10.3. The third-order valence-corrected chi connectivity index (χ3v) is 3.06. The van der Waals surface area contributed by atoms with Crippen molar-refractivity contribution in [2.75, 3.05) is 11.6 Å². The highest BCUT2D eigenvalue weighted by molar-refractivity contribution is 7.91. The molecule has 0 aromatic rings. The molecule has 0 amide bonds. The predicted octanol–water partition coefficient (Wildman–Crippen LogP) is -0.260. The van der Waals surface area contributed by atoms with Gasteiger partial charge in [0.05, 0.1) is 11.6 Å². The molecule has 0 bridgehead atoms. The summed E-state index contributed by atoms with van der Waals surface area (Å²) in [5.74, 6) is 0.495. The third kappa shape index (κ3) is 1.66. The molecule has 1 saturated heterocycles. The standard InChI is InChI=1S/C5H11NO2S/c1-2-5-3-9(7,8)4-6-5/h5-6H,2-4H2,1H3. The molecule has 0 aromatic carbocycles. The third-order valence-electron chi connectivity index (χ3n) is 1.54. The molecule has 1 atom stereocenters. The smallest absolute Gasteiger partial charge is 0.164 e. The van der Waals surface area contributed by atoms with Gasteiger partial charge in [-0.1, -0.05) is 6.92 Å². The monoisotopic (exact) mass is 149 g/mol. The van der Waals surface area contributed by atoms with Crippen LogP contribution in [0.25, 0.3) is 0 Å². The molecule has 1 fully saturated rings. The first-order chi connectivity index (χ1) is 4.14. The molecule has 0 aliphatic carbocycles. The highest BCUT2D eigenvalue weighted by atomic mass is 32.2. The van der Waals surface area contributed by atoms with Crippen LogP contribution in [-0.2, 0) is 9.84 Å². The molecule has 0 spiro atoms. The van der Waals surface area contributed by atoms with Crippen LogP contribution in [0.15, 0.2) is 0 Å². The van der Waals surface area contributed by atoms with Gasteiger partial charge in [0, 0.05) is 6.04 Å². The second-order valence-electron chi connectivity index (χ2n) is 2.36. The summed E-state index contributed by atoms with van der Waals surface area (Å²) in [6, 6.07) is 0.204. The lowest BCUT2D eigenvalue weighted by Crippen LogP contribution is -2.21. The molecule has 1 N–H and O–H groups in total. The highest BCUT2D eigenvalue weighted by Gasteiger charge is 2.24. The normalized spacial score (nSPS) is 32.8. The minimum absolute atomic E-state index is 0.172. The zero-order chi connectivity index (χ0) is 6.91.